The smallest absolute Gasteiger partial charge is 0.151 e. The van der Waals surface area contributed by atoms with Crippen LogP contribution < -0.4 is 14.4 Å². The van der Waals surface area contributed by atoms with Crippen LogP contribution in [0.4, 0.5) is 5.69 Å². The number of hydrogen-bond acceptors (Lipinski definition) is 7. The first kappa shape index (κ1) is 18.1. The molecule has 0 amide bonds. The van der Waals surface area contributed by atoms with E-state index in [0.29, 0.717) is 11.5 Å². The summed E-state index contributed by atoms with van der Waals surface area (Å²) in [7, 11) is 3.25. The van der Waals surface area contributed by atoms with Crippen LogP contribution in [0.3, 0.4) is 0 Å². The Bertz CT molecular complexity index is 906. The molecule has 140 valence electrons. The molecule has 0 atom stereocenters. The van der Waals surface area contributed by atoms with E-state index < -0.39 is 0 Å². The van der Waals surface area contributed by atoms with Gasteiger partial charge >= 0.3 is 0 Å². The van der Waals surface area contributed by atoms with Crippen LogP contribution in [-0.4, -0.2) is 48.8 Å². The van der Waals surface area contributed by atoms with Gasteiger partial charge in [0.1, 0.15) is 16.5 Å². The summed E-state index contributed by atoms with van der Waals surface area (Å²) >= 11 is 3.64. The van der Waals surface area contributed by atoms with Crippen LogP contribution in [-0.2, 0) is 0 Å². The summed E-state index contributed by atoms with van der Waals surface area (Å²) in [5.41, 5.74) is 3.20. The van der Waals surface area contributed by atoms with E-state index >= 15 is 0 Å². The molecule has 3 heterocycles. The van der Waals surface area contributed by atoms with Crippen LogP contribution in [0.15, 0.2) is 42.7 Å². The number of nitrogens with zero attached hydrogens (tertiary/aromatic N) is 3. The van der Waals surface area contributed by atoms with Gasteiger partial charge < -0.3 is 14.4 Å². The largest absolute Gasteiger partial charge is 0.495 e. The standard InChI is InChI=1S/C20H21N3O2S2/c1-24-16-11-17(25-2)19(21-12-16)20-22-13-18(27-20)14-3-5-15(6-4-14)23-7-9-26-10-8-23/h3-6,11-13H,7-10H2,1-2H3. The minimum absolute atomic E-state index is 0.661. The van der Waals surface area contributed by atoms with Gasteiger partial charge in [0.05, 0.1) is 25.3 Å². The predicted octanol–water partition coefficient (Wildman–Crippen LogP) is 4.44. The van der Waals surface area contributed by atoms with Crippen molar-refractivity contribution in [2.24, 2.45) is 0 Å². The summed E-state index contributed by atoms with van der Waals surface area (Å²) in [5, 5.41) is 0.835. The van der Waals surface area contributed by atoms with Gasteiger partial charge in [0.25, 0.3) is 0 Å². The third-order valence-electron chi connectivity index (χ3n) is 4.52. The highest BCUT2D eigenvalue weighted by Gasteiger charge is 2.15. The molecule has 0 N–H and O–H groups in total. The Morgan fingerprint density at radius 1 is 0.963 bits per heavy atom. The number of hydrogen-bond donors (Lipinski definition) is 0. The fourth-order valence-electron chi connectivity index (χ4n) is 3.03. The number of aromatic nitrogens is 2. The maximum absolute atomic E-state index is 5.46. The molecular formula is C20H21N3O2S2. The minimum atomic E-state index is 0.661. The zero-order valence-electron chi connectivity index (χ0n) is 15.3. The number of ether oxygens (including phenoxy) is 2. The van der Waals surface area contributed by atoms with Gasteiger partial charge in [-0.1, -0.05) is 12.1 Å². The molecule has 0 spiro atoms. The van der Waals surface area contributed by atoms with Crippen LogP contribution >= 0.6 is 23.1 Å². The molecule has 4 rings (SSSR count). The Morgan fingerprint density at radius 2 is 1.74 bits per heavy atom. The summed E-state index contributed by atoms with van der Waals surface area (Å²) in [4.78, 5) is 12.6. The summed E-state index contributed by atoms with van der Waals surface area (Å²) in [6, 6.07) is 10.6. The van der Waals surface area contributed by atoms with Crippen LogP contribution in [0, 0.1) is 0 Å². The van der Waals surface area contributed by atoms with E-state index in [1.165, 1.54) is 22.8 Å². The number of benzene rings is 1. The Hall–Kier alpha value is -2.25. The molecule has 1 fully saturated rings. The highest BCUT2D eigenvalue weighted by atomic mass is 32.2. The molecule has 1 aliphatic rings. The number of thiazole rings is 1. The van der Waals surface area contributed by atoms with Gasteiger partial charge in [-0.05, 0) is 17.7 Å². The topological polar surface area (TPSA) is 47.5 Å². The molecule has 2 aromatic heterocycles. The van der Waals surface area contributed by atoms with Crippen molar-refractivity contribution in [3.63, 3.8) is 0 Å². The molecule has 1 aliphatic heterocycles. The maximum atomic E-state index is 5.46. The van der Waals surface area contributed by atoms with Crippen molar-refractivity contribution in [1.29, 1.82) is 0 Å². The molecule has 0 saturated carbocycles. The Morgan fingerprint density at radius 3 is 2.44 bits per heavy atom. The molecule has 1 saturated heterocycles. The molecule has 5 nitrogen and oxygen atoms in total. The summed E-state index contributed by atoms with van der Waals surface area (Å²) in [6.45, 7) is 2.25. The van der Waals surface area contributed by atoms with Gasteiger partial charge in [-0.2, -0.15) is 11.8 Å². The number of anilines is 1. The lowest BCUT2D eigenvalue weighted by atomic mass is 10.2. The summed E-state index contributed by atoms with van der Waals surface area (Å²) in [6.07, 6.45) is 3.59. The van der Waals surface area contributed by atoms with Crippen molar-refractivity contribution in [3.05, 3.63) is 42.7 Å². The van der Waals surface area contributed by atoms with Crippen molar-refractivity contribution in [3.8, 4) is 32.6 Å². The van der Waals surface area contributed by atoms with Crippen LogP contribution in [0.5, 0.6) is 11.5 Å². The van der Waals surface area contributed by atoms with Gasteiger partial charge in [0.15, 0.2) is 5.75 Å². The van der Waals surface area contributed by atoms with Gasteiger partial charge in [0.2, 0.25) is 0 Å². The fraction of sp³-hybridized carbons (Fsp3) is 0.300. The number of thioether (sulfide) groups is 1. The summed E-state index contributed by atoms with van der Waals surface area (Å²) in [5.74, 6) is 3.74. The van der Waals surface area contributed by atoms with Gasteiger partial charge in [-0.25, -0.2) is 9.97 Å². The summed E-state index contributed by atoms with van der Waals surface area (Å²) < 4.78 is 10.7. The number of rotatable bonds is 5. The van der Waals surface area contributed by atoms with Crippen LogP contribution in [0.25, 0.3) is 21.1 Å². The Kier molecular flexibility index (Phi) is 5.50. The SMILES string of the molecule is COc1cnc(-c2ncc(-c3ccc(N4CCSCC4)cc3)s2)c(OC)c1. The lowest BCUT2D eigenvalue weighted by molar-refractivity contribution is 0.392. The Labute approximate surface area is 167 Å². The third-order valence-corrected chi connectivity index (χ3v) is 6.52. The third kappa shape index (κ3) is 3.89. The van der Waals surface area contributed by atoms with Gasteiger partial charge in [0, 0.05) is 42.5 Å². The van der Waals surface area contributed by atoms with Crippen molar-refractivity contribution in [2.45, 2.75) is 0 Å². The second kappa shape index (κ2) is 8.19. The molecule has 3 aromatic rings. The van der Waals surface area contributed by atoms with Crippen molar-refractivity contribution >= 4 is 28.8 Å². The average molecular weight is 400 g/mol. The first-order chi connectivity index (χ1) is 13.3. The quantitative estimate of drug-likeness (QED) is 0.632. The van der Waals surface area contributed by atoms with Crippen molar-refractivity contribution in [1.82, 2.24) is 9.97 Å². The maximum Gasteiger partial charge on any atom is 0.151 e. The monoisotopic (exact) mass is 399 g/mol. The first-order valence-corrected chi connectivity index (χ1v) is 10.7. The van der Waals surface area contributed by atoms with Crippen LogP contribution in [0.2, 0.25) is 0 Å². The second-order valence-electron chi connectivity index (χ2n) is 6.10. The average Bonchev–Trinajstić information content (AvgIpc) is 3.24. The van der Waals surface area contributed by atoms with E-state index in [4.69, 9.17) is 9.47 Å². The predicted molar refractivity (Wildman–Crippen MR) is 113 cm³/mol. The Balaban J connectivity index is 1.57. The molecule has 0 bridgehead atoms. The second-order valence-corrected chi connectivity index (χ2v) is 8.36. The number of pyridine rings is 1. The highest BCUT2D eigenvalue weighted by molar-refractivity contribution is 7.99. The van der Waals surface area contributed by atoms with Gasteiger partial charge in [-0.15, -0.1) is 11.3 Å². The molecule has 1 aromatic carbocycles. The molecule has 27 heavy (non-hydrogen) atoms. The fourth-order valence-corrected chi connectivity index (χ4v) is 4.86. The molecular weight excluding hydrogens is 378 g/mol. The molecule has 7 heteroatoms. The first-order valence-electron chi connectivity index (χ1n) is 8.76. The van der Waals surface area contributed by atoms with E-state index in [1.54, 1.807) is 31.8 Å². The zero-order valence-corrected chi connectivity index (χ0v) is 17.0. The van der Waals surface area contributed by atoms with Crippen molar-refractivity contribution < 1.29 is 9.47 Å². The van der Waals surface area contributed by atoms with E-state index in [0.717, 1.165) is 28.7 Å². The molecule has 0 aliphatic carbocycles. The van der Waals surface area contributed by atoms with Gasteiger partial charge in [-0.3, -0.25) is 0 Å². The highest BCUT2D eigenvalue weighted by Crippen LogP contribution is 2.37. The van der Waals surface area contributed by atoms with E-state index in [2.05, 4.69) is 39.1 Å². The van der Waals surface area contributed by atoms with Crippen LogP contribution in [0.1, 0.15) is 0 Å². The molecule has 0 radical (unpaired) electrons. The van der Waals surface area contributed by atoms with E-state index in [-0.39, 0.29) is 0 Å². The van der Waals surface area contributed by atoms with E-state index in [1.807, 2.05) is 24.0 Å². The van der Waals surface area contributed by atoms with Crippen molar-refractivity contribution in [2.75, 3.05) is 43.7 Å². The molecule has 0 unspecified atom stereocenters. The number of methoxy groups -OCH3 is 2. The zero-order chi connectivity index (χ0) is 18.6. The normalized spacial score (nSPS) is 14.2. The minimum Gasteiger partial charge on any atom is -0.495 e. The lowest BCUT2D eigenvalue weighted by Gasteiger charge is -2.28. The lowest BCUT2D eigenvalue weighted by Crippen LogP contribution is -2.32. The van der Waals surface area contributed by atoms with E-state index in [9.17, 15) is 0 Å².